The number of rotatable bonds is 10. The molecule has 1 amide bonds. The molecule has 0 spiro atoms. The number of hydrogen-bond acceptors (Lipinski definition) is 8. The zero-order valence-electron chi connectivity index (χ0n) is 17.3. The Morgan fingerprint density at radius 1 is 1.28 bits per heavy atom. The first-order valence-corrected chi connectivity index (χ1v) is 11.0. The summed E-state index contributed by atoms with van der Waals surface area (Å²) in [6.07, 6.45) is 5.75. The largest absolute Gasteiger partial charge is 0.369 e. The molecule has 2 N–H and O–H groups in total. The van der Waals surface area contributed by atoms with Gasteiger partial charge in [-0.15, -0.1) is 0 Å². The van der Waals surface area contributed by atoms with Crippen molar-refractivity contribution in [1.82, 2.24) is 30.2 Å². The van der Waals surface area contributed by atoms with Gasteiger partial charge in [-0.2, -0.15) is 5.10 Å². The normalized spacial score (nSPS) is 11.2. The molecule has 0 aliphatic carbocycles. The standard InChI is InChI=1S/C19H27N7O2S/c1-5-8-21-17-15-11-22-26(18(15)24-19(23-17)29-4)10-9-20-16(27)7-6-14-12(2)25-28-13(14)3/h11H,5-10H2,1-4H3,(H,20,27)(H,21,23,24). The molecule has 0 unspecified atom stereocenters. The van der Waals surface area contributed by atoms with Crippen molar-refractivity contribution in [2.24, 2.45) is 0 Å². The van der Waals surface area contributed by atoms with E-state index in [1.54, 1.807) is 6.20 Å². The van der Waals surface area contributed by atoms with Crippen LogP contribution in [0.25, 0.3) is 11.0 Å². The van der Waals surface area contributed by atoms with E-state index < -0.39 is 0 Å². The average molecular weight is 418 g/mol. The third kappa shape index (κ3) is 5.06. The summed E-state index contributed by atoms with van der Waals surface area (Å²) < 4.78 is 6.95. The van der Waals surface area contributed by atoms with Crippen molar-refractivity contribution in [3.8, 4) is 0 Å². The second kappa shape index (κ2) is 9.73. The Morgan fingerprint density at radius 3 is 2.79 bits per heavy atom. The maximum Gasteiger partial charge on any atom is 0.220 e. The fourth-order valence-corrected chi connectivity index (χ4v) is 3.42. The fourth-order valence-electron chi connectivity index (χ4n) is 3.06. The van der Waals surface area contributed by atoms with E-state index in [9.17, 15) is 4.79 Å². The van der Waals surface area contributed by atoms with Gasteiger partial charge in [0, 0.05) is 25.1 Å². The Balaban J connectivity index is 1.59. The summed E-state index contributed by atoms with van der Waals surface area (Å²) in [5.41, 5.74) is 2.62. The molecule has 0 saturated heterocycles. The van der Waals surface area contributed by atoms with Gasteiger partial charge in [0.05, 0.1) is 23.8 Å². The molecular weight excluding hydrogens is 390 g/mol. The quantitative estimate of drug-likeness (QED) is 0.383. The smallest absolute Gasteiger partial charge is 0.220 e. The lowest BCUT2D eigenvalue weighted by molar-refractivity contribution is -0.121. The molecule has 10 heteroatoms. The van der Waals surface area contributed by atoms with Gasteiger partial charge in [-0.05, 0) is 32.9 Å². The maximum absolute atomic E-state index is 12.2. The minimum Gasteiger partial charge on any atom is -0.369 e. The first kappa shape index (κ1) is 21.1. The van der Waals surface area contributed by atoms with Crippen LogP contribution in [-0.4, -0.2) is 50.2 Å². The minimum atomic E-state index is -0.00816. The molecule has 0 fully saturated rings. The van der Waals surface area contributed by atoms with Crippen LogP contribution in [0.15, 0.2) is 15.9 Å². The maximum atomic E-state index is 12.2. The lowest BCUT2D eigenvalue weighted by Crippen LogP contribution is -2.27. The van der Waals surface area contributed by atoms with Gasteiger partial charge in [0.2, 0.25) is 5.91 Å². The summed E-state index contributed by atoms with van der Waals surface area (Å²) in [5.74, 6) is 1.57. The summed E-state index contributed by atoms with van der Waals surface area (Å²) in [6, 6.07) is 0. The summed E-state index contributed by atoms with van der Waals surface area (Å²) in [6.45, 7) is 7.72. The molecule has 0 aliphatic rings. The summed E-state index contributed by atoms with van der Waals surface area (Å²) in [7, 11) is 0. The van der Waals surface area contributed by atoms with Crippen LogP contribution < -0.4 is 10.6 Å². The number of hydrogen-bond donors (Lipinski definition) is 2. The molecule has 0 aromatic carbocycles. The van der Waals surface area contributed by atoms with E-state index >= 15 is 0 Å². The lowest BCUT2D eigenvalue weighted by Gasteiger charge is -2.09. The van der Waals surface area contributed by atoms with Crippen LogP contribution in [0.4, 0.5) is 5.82 Å². The van der Waals surface area contributed by atoms with E-state index in [4.69, 9.17) is 4.52 Å². The van der Waals surface area contributed by atoms with Gasteiger partial charge in [0.15, 0.2) is 10.8 Å². The van der Waals surface area contributed by atoms with Crippen LogP contribution in [0.1, 0.15) is 36.8 Å². The van der Waals surface area contributed by atoms with Gasteiger partial charge in [0.1, 0.15) is 11.6 Å². The third-order valence-corrected chi connectivity index (χ3v) is 5.18. The summed E-state index contributed by atoms with van der Waals surface area (Å²) in [4.78, 5) is 21.3. The molecule has 3 rings (SSSR count). The van der Waals surface area contributed by atoms with Crippen LogP contribution >= 0.6 is 11.8 Å². The Kier molecular flexibility index (Phi) is 7.08. The van der Waals surface area contributed by atoms with Crippen LogP contribution in [-0.2, 0) is 17.8 Å². The zero-order chi connectivity index (χ0) is 20.8. The number of carbonyl (C=O) groups excluding carboxylic acids is 1. The van der Waals surface area contributed by atoms with Crippen molar-refractivity contribution in [3.05, 3.63) is 23.2 Å². The number of thioether (sulfide) groups is 1. The summed E-state index contributed by atoms with van der Waals surface area (Å²) in [5, 5.41) is 16.2. The number of aryl methyl sites for hydroxylation is 2. The predicted octanol–water partition coefficient (Wildman–Crippen LogP) is 2.72. The molecule has 0 aliphatic heterocycles. The molecule has 0 saturated carbocycles. The SMILES string of the molecule is CCCNc1nc(SC)nc2c1cnn2CCNC(=O)CCc1c(C)noc1C. The molecule has 0 radical (unpaired) electrons. The van der Waals surface area contributed by atoms with Crippen LogP contribution in [0, 0.1) is 13.8 Å². The summed E-state index contributed by atoms with van der Waals surface area (Å²) >= 11 is 1.49. The molecule has 9 nitrogen and oxygen atoms in total. The predicted molar refractivity (Wildman–Crippen MR) is 113 cm³/mol. The topological polar surface area (TPSA) is 111 Å². The Labute approximate surface area is 174 Å². The second-order valence-corrected chi connectivity index (χ2v) is 7.52. The molecule has 29 heavy (non-hydrogen) atoms. The zero-order valence-corrected chi connectivity index (χ0v) is 18.1. The van der Waals surface area contributed by atoms with Crippen molar-refractivity contribution in [2.45, 2.75) is 51.7 Å². The van der Waals surface area contributed by atoms with Crippen molar-refractivity contribution in [2.75, 3.05) is 24.7 Å². The Bertz CT molecular complexity index is 963. The van der Waals surface area contributed by atoms with E-state index in [0.717, 1.165) is 46.8 Å². The van der Waals surface area contributed by atoms with E-state index in [1.165, 1.54) is 11.8 Å². The van der Waals surface area contributed by atoms with Crippen molar-refractivity contribution in [3.63, 3.8) is 0 Å². The van der Waals surface area contributed by atoms with Gasteiger partial charge in [-0.3, -0.25) is 4.79 Å². The molecule has 0 atom stereocenters. The number of aromatic nitrogens is 5. The lowest BCUT2D eigenvalue weighted by atomic mass is 10.1. The van der Waals surface area contributed by atoms with E-state index in [-0.39, 0.29) is 5.91 Å². The van der Waals surface area contributed by atoms with E-state index in [0.29, 0.717) is 31.1 Å². The monoisotopic (exact) mass is 417 g/mol. The van der Waals surface area contributed by atoms with Crippen molar-refractivity contribution >= 4 is 34.5 Å². The van der Waals surface area contributed by atoms with E-state index in [2.05, 4.69) is 37.8 Å². The molecule has 3 aromatic rings. The second-order valence-electron chi connectivity index (χ2n) is 6.74. The highest BCUT2D eigenvalue weighted by Crippen LogP contribution is 2.23. The number of nitrogens with one attached hydrogen (secondary N) is 2. The third-order valence-electron chi connectivity index (χ3n) is 4.63. The molecule has 3 heterocycles. The van der Waals surface area contributed by atoms with Crippen LogP contribution in [0.2, 0.25) is 0 Å². The Hall–Kier alpha value is -2.62. The molecule has 0 bridgehead atoms. The fraction of sp³-hybridized carbons (Fsp3) is 0.526. The number of anilines is 1. The van der Waals surface area contributed by atoms with Gasteiger partial charge < -0.3 is 15.2 Å². The highest BCUT2D eigenvalue weighted by molar-refractivity contribution is 7.98. The Morgan fingerprint density at radius 2 is 2.10 bits per heavy atom. The molecule has 156 valence electrons. The number of fused-ring (bicyclic) bond motifs is 1. The van der Waals surface area contributed by atoms with Crippen LogP contribution in [0.3, 0.4) is 0 Å². The average Bonchev–Trinajstić information content (AvgIpc) is 3.27. The van der Waals surface area contributed by atoms with Gasteiger partial charge in [-0.25, -0.2) is 14.6 Å². The first-order valence-electron chi connectivity index (χ1n) is 9.73. The number of carbonyl (C=O) groups is 1. The van der Waals surface area contributed by atoms with Crippen LogP contribution in [0.5, 0.6) is 0 Å². The molecule has 3 aromatic heterocycles. The molecular formula is C19H27N7O2S. The number of amides is 1. The van der Waals surface area contributed by atoms with Gasteiger partial charge in [0.25, 0.3) is 0 Å². The highest BCUT2D eigenvalue weighted by atomic mass is 32.2. The first-order chi connectivity index (χ1) is 14.0. The van der Waals surface area contributed by atoms with E-state index in [1.807, 2.05) is 24.8 Å². The van der Waals surface area contributed by atoms with Crippen molar-refractivity contribution in [1.29, 1.82) is 0 Å². The van der Waals surface area contributed by atoms with Gasteiger partial charge >= 0.3 is 0 Å². The minimum absolute atomic E-state index is 0.00816. The van der Waals surface area contributed by atoms with Gasteiger partial charge in [-0.1, -0.05) is 23.8 Å². The number of nitrogens with zero attached hydrogens (tertiary/aromatic N) is 5. The van der Waals surface area contributed by atoms with Crippen molar-refractivity contribution < 1.29 is 9.32 Å². The highest BCUT2D eigenvalue weighted by Gasteiger charge is 2.14.